The molecule has 0 aromatic heterocycles. The number of rotatable bonds is 6. The van der Waals surface area contributed by atoms with E-state index in [4.69, 9.17) is 16.3 Å². The van der Waals surface area contributed by atoms with Crippen LogP contribution >= 0.6 is 11.6 Å². The second kappa shape index (κ2) is 11.2. The molecule has 2 fully saturated rings. The first-order chi connectivity index (χ1) is 17.2. The highest BCUT2D eigenvalue weighted by Gasteiger charge is 2.41. The zero-order valence-electron chi connectivity index (χ0n) is 21.9. The minimum absolute atomic E-state index is 0.0245. The molecule has 2 saturated heterocycles. The molecule has 2 aromatic rings. The van der Waals surface area contributed by atoms with Crippen molar-refractivity contribution in [3.8, 4) is 5.75 Å². The van der Waals surface area contributed by atoms with Crippen molar-refractivity contribution in [3.05, 3.63) is 64.7 Å². The summed E-state index contributed by atoms with van der Waals surface area (Å²) < 4.78 is 6.21. The Morgan fingerprint density at radius 1 is 0.889 bits per heavy atom. The molecule has 2 aromatic carbocycles. The summed E-state index contributed by atoms with van der Waals surface area (Å²) in [5.41, 5.74) is 1.51. The van der Waals surface area contributed by atoms with Crippen LogP contribution in [0, 0.1) is 5.41 Å². The largest absolute Gasteiger partial charge is 0.493 e. The summed E-state index contributed by atoms with van der Waals surface area (Å²) in [6.07, 6.45) is 5.42. The van der Waals surface area contributed by atoms with Gasteiger partial charge in [0.25, 0.3) is 5.91 Å². The van der Waals surface area contributed by atoms with Gasteiger partial charge in [0.2, 0.25) is 5.91 Å². The number of likely N-dealkylation sites (tertiary alicyclic amines) is 2. The van der Waals surface area contributed by atoms with Crippen LogP contribution in [0.2, 0.25) is 5.02 Å². The van der Waals surface area contributed by atoms with E-state index in [9.17, 15) is 9.59 Å². The van der Waals surface area contributed by atoms with E-state index in [0.29, 0.717) is 36.7 Å². The molecular formula is C30H39ClN2O3. The lowest BCUT2D eigenvalue weighted by Gasteiger charge is -2.43. The summed E-state index contributed by atoms with van der Waals surface area (Å²) in [7, 11) is 0. The average molecular weight is 511 g/mol. The molecule has 194 valence electrons. The van der Waals surface area contributed by atoms with E-state index in [1.165, 1.54) is 12.0 Å². The normalized spacial score (nSPS) is 20.8. The molecule has 0 spiro atoms. The van der Waals surface area contributed by atoms with E-state index < -0.39 is 5.41 Å². The number of carbonyl (C=O) groups excluding carboxylic acids is 2. The third kappa shape index (κ3) is 6.61. The van der Waals surface area contributed by atoms with Crippen LogP contribution in [0.1, 0.15) is 75.2 Å². The molecule has 0 aliphatic carbocycles. The molecule has 2 aliphatic heterocycles. The summed E-state index contributed by atoms with van der Waals surface area (Å²) in [5, 5.41) is 0.657. The van der Waals surface area contributed by atoms with Crippen molar-refractivity contribution in [1.82, 2.24) is 9.80 Å². The molecule has 2 aliphatic rings. The topological polar surface area (TPSA) is 49.9 Å². The molecule has 0 bridgehead atoms. The van der Waals surface area contributed by atoms with Crippen molar-refractivity contribution >= 4 is 23.4 Å². The third-order valence-corrected chi connectivity index (χ3v) is 7.79. The van der Waals surface area contributed by atoms with Gasteiger partial charge in [-0.1, -0.05) is 44.5 Å². The Morgan fingerprint density at radius 2 is 1.53 bits per heavy atom. The molecule has 0 radical (unpaired) electrons. The highest BCUT2D eigenvalue weighted by atomic mass is 35.5. The maximum Gasteiger partial charge on any atom is 0.253 e. The Kier molecular flexibility index (Phi) is 8.29. The van der Waals surface area contributed by atoms with Gasteiger partial charge in [-0.3, -0.25) is 9.59 Å². The fourth-order valence-electron chi connectivity index (χ4n) is 5.33. The molecular weight excluding hydrogens is 472 g/mol. The predicted molar refractivity (Wildman–Crippen MR) is 145 cm³/mol. The van der Waals surface area contributed by atoms with Crippen molar-refractivity contribution in [2.75, 3.05) is 32.8 Å². The van der Waals surface area contributed by atoms with E-state index in [2.05, 4.69) is 20.8 Å². The van der Waals surface area contributed by atoms with Crippen LogP contribution in [0.25, 0.3) is 0 Å². The fourth-order valence-corrected chi connectivity index (χ4v) is 5.46. The molecule has 1 atom stereocenters. The number of benzene rings is 2. The predicted octanol–water partition coefficient (Wildman–Crippen LogP) is 6.34. The van der Waals surface area contributed by atoms with Crippen LogP contribution in [-0.4, -0.2) is 54.4 Å². The Hall–Kier alpha value is -2.53. The van der Waals surface area contributed by atoms with Crippen LogP contribution in [0.5, 0.6) is 5.75 Å². The standard InChI is InChI=1S/C30H39ClN2O3/c1-29(2,3)24-10-8-23(9-11-24)28(35)33-19-7-16-30(21-33,20-27(34)32-17-5-4-6-18-32)22-36-26-14-12-25(31)13-15-26/h8-15H,4-7,16-22H2,1-3H3/t30-/m0/s1. The second-order valence-corrected chi connectivity index (χ2v) is 12.0. The van der Waals surface area contributed by atoms with E-state index in [1.54, 1.807) is 12.1 Å². The van der Waals surface area contributed by atoms with Crippen LogP contribution in [0.15, 0.2) is 48.5 Å². The zero-order valence-corrected chi connectivity index (χ0v) is 22.7. The monoisotopic (exact) mass is 510 g/mol. The summed E-state index contributed by atoms with van der Waals surface area (Å²) in [5.74, 6) is 0.931. The van der Waals surface area contributed by atoms with Crippen molar-refractivity contribution in [2.45, 2.75) is 64.7 Å². The number of nitrogens with zero attached hydrogens (tertiary/aromatic N) is 2. The Balaban J connectivity index is 1.52. The lowest BCUT2D eigenvalue weighted by molar-refractivity contribution is -0.136. The number of amides is 2. The van der Waals surface area contributed by atoms with E-state index in [0.717, 1.165) is 44.5 Å². The van der Waals surface area contributed by atoms with E-state index in [-0.39, 0.29) is 17.2 Å². The first-order valence-electron chi connectivity index (χ1n) is 13.2. The minimum Gasteiger partial charge on any atom is -0.493 e. The molecule has 0 N–H and O–H groups in total. The van der Waals surface area contributed by atoms with Gasteiger partial charge in [-0.2, -0.15) is 0 Å². The third-order valence-electron chi connectivity index (χ3n) is 7.54. The lowest BCUT2D eigenvalue weighted by atomic mass is 9.77. The molecule has 2 heterocycles. The summed E-state index contributed by atoms with van der Waals surface area (Å²) in [6, 6.07) is 15.3. The van der Waals surface area contributed by atoms with Crippen molar-refractivity contribution in [1.29, 1.82) is 0 Å². The maximum absolute atomic E-state index is 13.5. The van der Waals surface area contributed by atoms with E-state index in [1.807, 2.05) is 46.2 Å². The molecule has 0 saturated carbocycles. The van der Waals surface area contributed by atoms with Crippen molar-refractivity contribution in [3.63, 3.8) is 0 Å². The zero-order chi connectivity index (χ0) is 25.8. The Labute approximate surface area is 220 Å². The second-order valence-electron chi connectivity index (χ2n) is 11.5. The van der Waals surface area contributed by atoms with Crippen LogP contribution in [-0.2, 0) is 10.2 Å². The Morgan fingerprint density at radius 3 is 2.17 bits per heavy atom. The van der Waals surface area contributed by atoms with Crippen LogP contribution in [0.3, 0.4) is 0 Å². The molecule has 2 amide bonds. The van der Waals surface area contributed by atoms with Gasteiger partial charge in [0.1, 0.15) is 5.75 Å². The number of ether oxygens (including phenoxy) is 1. The minimum atomic E-state index is -0.423. The van der Waals surface area contributed by atoms with Gasteiger partial charge in [0, 0.05) is 48.6 Å². The van der Waals surface area contributed by atoms with Crippen molar-refractivity contribution in [2.24, 2.45) is 5.41 Å². The number of hydrogen-bond donors (Lipinski definition) is 0. The first-order valence-corrected chi connectivity index (χ1v) is 13.6. The van der Waals surface area contributed by atoms with Gasteiger partial charge in [0.15, 0.2) is 0 Å². The SMILES string of the molecule is CC(C)(C)c1ccc(C(=O)N2CCC[C@](COc3ccc(Cl)cc3)(CC(=O)N3CCCCC3)C2)cc1. The summed E-state index contributed by atoms with van der Waals surface area (Å²) in [6.45, 7) is 9.77. The molecule has 5 nitrogen and oxygen atoms in total. The van der Waals surface area contributed by atoms with Gasteiger partial charge in [-0.15, -0.1) is 0 Å². The highest BCUT2D eigenvalue weighted by Crippen LogP contribution is 2.36. The molecule has 36 heavy (non-hydrogen) atoms. The average Bonchev–Trinajstić information content (AvgIpc) is 2.88. The van der Waals surface area contributed by atoms with Gasteiger partial charge in [-0.05, 0) is 79.5 Å². The fraction of sp³-hybridized carbons (Fsp3) is 0.533. The quantitative estimate of drug-likeness (QED) is 0.455. The number of halogens is 1. The number of piperidine rings is 2. The van der Waals surface area contributed by atoms with Gasteiger partial charge >= 0.3 is 0 Å². The summed E-state index contributed by atoms with van der Waals surface area (Å²) >= 11 is 6.04. The smallest absolute Gasteiger partial charge is 0.253 e. The van der Waals surface area contributed by atoms with Gasteiger partial charge in [0.05, 0.1) is 6.61 Å². The lowest BCUT2D eigenvalue weighted by Crippen LogP contribution is -2.51. The summed E-state index contributed by atoms with van der Waals surface area (Å²) in [4.78, 5) is 30.8. The van der Waals surface area contributed by atoms with Crippen molar-refractivity contribution < 1.29 is 14.3 Å². The van der Waals surface area contributed by atoms with E-state index >= 15 is 0 Å². The van der Waals surface area contributed by atoms with Crippen LogP contribution < -0.4 is 4.74 Å². The first kappa shape index (κ1) is 26.5. The number of hydrogen-bond acceptors (Lipinski definition) is 3. The molecule has 0 unspecified atom stereocenters. The Bertz CT molecular complexity index is 1040. The number of carbonyl (C=O) groups is 2. The molecule has 6 heteroatoms. The van der Waals surface area contributed by atoms with Gasteiger partial charge in [-0.25, -0.2) is 0 Å². The molecule has 4 rings (SSSR count). The van der Waals surface area contributed by atoms with Gasteiger partial charge < -0.3 is 14.5 Å². The maximum atomic E-state index is 13.5. The highest BCUT2D eigenvalue weighted by molar-refractivity contribution is 6.30. The van der Waals surface area contributed by atoms with Crippen LogP contribution in [0.4, 0.5) is 0 Å².